The minimum Gasteiger partial charge on any atom is -0.472 e. The number of anilines is 1. The number of nitrogens with two attached hydrogens (primary N) is 1. The predicted molar refractivity (Wildman–Crippen MR) is 69.3 cm³/mol. The number of guanidine groups is 1. The first-order valence-electron chi connectivity index (χ1n) is 4.93. The smallest absolute Gasteiger partial charge is 0.195 e. The van der Waals surface area contributed by atoms with Gasteiger partial charge in [-0.1, -0.05) is 6.08 Å². The number of aromatic nitrogens is 1. The van der Waals surface area contributed by atoms with E-state index in [2.05, 4.69) is 11.6 Å². The van der Waals surface area contributed by atoms with Crippen LogP contribution in [0.2, 0.25) is 0 Å². The van der Waals surface area contributed by atoms with E-state index in [1.165, 1.54) is 11.3 Å². The molecule has 2 aromatic heterocycles. The van der Waals surface area contributed by atoms with E-state index >= 15 is 0 Å². The maximum atomic E-state index is 7.48. The summed E-state index contributed by atoms with van der Waals surface area (Å²) in [6.07, 6.45) is 4.91. The summed E-state index contributed by atoms with van der Waals surface area (Å²) in [5.74, 6) is -0.0435. The zero-order valence-electron chi connectivity index (χ0n) is 9.09. The Hall–Kier alpha value is -2.08. The zero-order valence-corrected chi connectivity index (χ0v) is 9.91. The summed E-state index contributed by atoms with van der Waals surface area (Å²) in [5.41, 5.74) is 7.22. The molecule has 2 heterocycles. The summed E-state index contributed by atoms with van der Waals surface area (Å²) in [7, 11) is 0. The summed E-state index contributed by atoms with van der Waals surface area (Å²) in [6.45, 7) is 4.10. The lowest BCUT2D eigenvalue weighted by molar-refractivity contribution is 0.568. The standard InChI is InChI=1S/C11H12N4OS/c1-2-4-15(10(12)13)11-14-9(7-17-11)8-3-5-16-6-8/h2-3,5-7H,1,4H2,(H3,12,13). The molecule has 0 radical (unpaired) electrons. The van der Waals surface area contributed by atoms with Crippen LogP contribution < -0.4 is 10.6 Å². The van der Waals surface area contributed by atoms with Crippen molar-refractivity contribution < 1.29 is 4.42 Å². The van der Waals surface area contributed by atoms with E-state index < -0.39 is 0 Å². The summed E-state index contributed by atoms with van der Waals surface area (Å²) in [4.78, 5) is 5.99. The predicted octanol–water partition coefficient (Wildman–Crippen LogP) is 2.29. The molecule has 0 bridgehead atoms. The molecular weight excluding hydrogens is 236 g/mol. The first-order valence-corrected chi connectivity index (χ1v) is 5.81. The van der Waals surface area contributed by atoms with Crippen LogP contribution in [0.3, 0.4) is 0 Å². The van der Waals surface area contributed by atoms with Crippen LogP contribution in [0.15, 0.2) is 41.0 Å². The second kappa shape index (κ2) is 4.84. The van der Waals surface area contributed by atoms with Gasteiger partial charge in [0.15, 0.2) is 11.1 Å². The van der Waals surface area contributed by atoms with Crippen molar-refractivity contribution in [1.82, 2.24) is 4.98 Å². The van der Waals surface area contributed by atoms with Crippen LogP contribution in [0.4, 0.5) is 5.13 Å². The molecule has 0 aromatic carbocycles. The molecule has 88 valence electrons. The number of hydrogen-bond donors (Lipinski definition) is 2. The Bertz CT molecular complexity index is 517. The molecule has 0 aliphatic rings. The summed E-state index contributed by atoms with van der Waals surface area (Å²) < 4.78 is 5.00. The van der Waals surface area contributed by atoms with Gasteiger partial charge in [-0.25, -0.2) is 4.98 Å². The van der Waals surface area contributed by atoms with Gasteiger partial charge in [-0.15, -0.1) is 17.9 Å². The summed E-state index contributed by atoms with van der Waals surface area (Å²) in [5, 5.41) is 10.1. The highest BCUT2D eigenvalue weighted by molar-refractivity contribution is 7.14. The molecule has 6 heteroatoms. The highest BCUT2D eigenvalue weighted by atomic mass is 32.1. The lowest BCUT2D eigenvalue weighted by atomic mass is 10.3. The van der Waals surface area contributed by atoms with Gasteiger partial charge in [0.2, 0.25) is 0 Å². The molecule has 0 unspecified atom stereocenters. The number of nitrogens with one attached hydrogen (secondary N) is 1. The van der Waals surface area contributed by atoms with Crippen molar-refractivity contribution in [2.45, 2.75) is 0 Å². The number of thiazole rings is 1. The highest BCUT2D eigenvalue weighted by Crippen LogP contribution is 2.27. The maximum Gasteiger partial charge on any atom is 0.195 e. The Labute approximate surface area is 103 Å². The molecule has 2 aromatic rings. The lowest BCUT2D eigenvalue weighted by Crippen LogP contribution is -2.36. The van der Waals surface area contributed by atoms with E-state index in [1.54, 1.807) is 23.5 Å². The van der Waals surface area contributed by atoms with Gasteiger partial charge in [-0.2, -0.15) is 0 Å². The first-order chi connectivity index (χ1) is 8.22. The van der Waals surface area contributed by atoms with Crippen molar-refractivity contribution in [2.24, 2.45) is 5.73 Å². The molecule has 0 fully saturated rings. The Morgan fingerprint density at radius 3 is 3.12 bits per heavy atom. The molecule has 0 atom stereocenters. The van der Waals surface area contributed by atoms with Crippen LogP contribution in [-0.4, -0.2) is 17.5 Å². The van der Waals surface area contributed by atoms with Crippen molar-refractivity contribution in [3.05, 3.63) is 36.6 Å². The Balaban J connectivity index is 2.28. The van der Waals surface area contributed by atoms with Gasteiger partial charge < -0.3 is 10.2 Å². The van der Waals surface area contributed by atoms with Crippen LogP contribution in [0.1, 0.15) is 0 Å². The molecular formula is C11H12N4OS. The Morgan fingerprint density at radius 2 is 2.53 bits per heavy atom. The van der Waals surface area contributed by atoms with E-state index in [-0.39, 0.29) is 5.96 Å². The molecule has 0 saturated carbocycles. The monoisotopic (exact) mass is 248 g/mol. The Morgan fingerprint density at radius 1 is 1.71 bits per heavy atom. The van der Waals surface area contributed by atoms with E-state index in [0.29, 0.717) is 11.7 Å². The SMILES string of the molecule is C=CCN(C(=N)N)c1nc(-c2ccoc2)cs1. The second-order valence-corrected chi connectivity index (χ2v) is 4.15. The molecule has 2 rings (SSSR count). The maximum absolute atomic E-state index is 7.48. The molecule has 17 heavy (non-hydrogen) atoms. The zero-order chi connectivity index (χ0) is 12.3. The molecule has 0 amide bonds. The fourth-order valence-electron chi connectivity index (χ4n) is 1.34. The third-order valence-corrected chi connectivity index (χ3v) is 3.01. The molecule has 0 saturated heterocycles. The molecule has 0 spiro atoms. The van der Waals surface area contributed by atoms with Gasteiger partial charge in [0.05, 0.1) is 18.2 Å². The van der Waals surface area contributed by atoms with Crippen LogP contribution >= 0.6 is 11.3 Å². The van der Waals surface area contributed by atoms with Crippen LogP contribution in [0.25, 0.3) is 11.3 Å². The molecule has 0 aliphatic heterocycles. The molecule has 0 aliphatic carbocycles. The van der Waals surface area contributed by atoms with E-state index in [4.69, 9.17) is 15.6 Å². The van der Waals surface area contributed by atoms with E-state index in [0.717, 1.165) is 11.3 Å². The fourth-order valence-corrected chi connectivity index (χ4v) is 2.20. The summed E-state index contributed by atoms with van der Waals surface area (Å²) in [6, 6.07) is 1.84. The second-order valence-electron chi connectivity index (χ2n) is 3.31. The van der Waals surface area contributed by atoms with Crippen LogP contribution in [-0.2, 0) is 0 Å². The number of nitrogens with zero attached hydrogens (tertiary/aromatic N) is 2. The quantitative estimate of drug-likeness (QED) is 0.494. The van der Waals surface area contributed by atoms with Crippen LogP contribution in [0.5, 0.6) is 0 Å². The largest absolute Gasteiger partial charge is 0.472 e. The average molecular weight is 248 g/mol. The number of rotatable bonds is 4. The first kappa shape index (κ1) is 11.4. The van der Waals surface area contributed by atoms with Gasteiger partial charge in [0, 0.05) is 17.5 Å². The van der Waals surface area contributed by atoms with Gasteiger partial charge in [0.25, 0.3) is 0 Å². The van der Waals surface area contributed by atoms with Crippen LogP contribution in [0, 0.1) is 5.41 Å². The van der Waals surface area contributed by atoms with Gasteiger partial charge in [-0.3, -0.25) is 10.3 Å². The van der Waals surface area contributed by atoms with Gasteiger partial charge >= 0.3 is 0 Å². The third kappa shape index (κ3) is 2.36. The molecule has 3 N–H and O–H groups in total. The third-order valence-electron chi connectivity index (χ3n) is 2.14. The fraction of sp³-hybridized carbons (Fsp3) is 0.0909. The van der Waals surface area contributed by atoms with E-state index in [9.17, 15) is 0 Å². The average Bonchev–Trinajstić information content (AvgIpc) is 2.95. The van der Waals surface area contributed by atoms with Gasteiger partial charge in [-0.05, 0) is 6.07 Å². The normalized spacial score (nSPS) is 10.1. The minimum atomic E-state index is -0.0435. The van der Waals surface area contributed by atoms with Crippen molar-refractivity contribution in [1.29, 1.82) is 5.41 Å². The Kier molecular flexibility index (Phi) is 3.24. The summed E-state index contributed by atoms with van der Waals surface area (Å²) >= 11 is 1.43. The minimum absolute atomic E-state index is 0.0435. The van der Waals surface area contributed by atoms with Gasteiger partial charge in [0.1, 0.15) is 0 Å². The topological polar surface area (TPSA) is 79.1 Å². The lowest BCUT2D eigenvalue weighted by Gasteiger charge is -2.16. The number of hydrogen-bond acceptors (Lipinski definition) is 4. The van der Waals surface area contributed by atoms with Crippen molar-refractivity contribution in [3.63, 3.8) is 0 Å². The van der Waals surface area contributed by atoms with Crippen molar-refractivity contribution in [3.8, 4) is 11.3 Å². The highest BCUT2D eigenvalue weighted by Gasteiger charge is 2.13. The van der Waals surface area contributed by atoms with Crippen molar-refractivity contribution >= 4 is 22.4 Å². The van der Waals surface area contributed by atoms with E-state index in [1.807, 2.05) is 11.4 Å². The van der Waals surface area contributed by atoms with Crippen molar-refractivity contribution in [2.75, 3.05) is 11.4 Å². The number of furan rings is 1. The molecule has 5 nitrogen and oxygen atoms in total.